The fourth-order valence-corrected chi connectivity index (χ4v) is 6.40. The number of carbonyl (C=O) groups is 3. The van der Waals surface area contributed by atoms with Crippen LogP contribution < -0.4 is 10.2 Å². The summed E-state index contributed by atoms with van der Waals surface area (Å²) >= 11 is 0. The summed E-state index contributed by atoms with van der Waals surface area (Å²) in [5.74, 6) is -1.38. The third-order valence-corrected chi connectivity index (χ3v) is 9.03. The summed E-state index contributed by atoms with van der Waals surface area (Å²) in [6, 6.07) is 31.1. The van der Waals surface area contributed by atoms with E-state index >= 15 is 0 Å². The van der Waals surface area contributed by atoms with Gasteiger partial charge in [0.15, 0.2) is 5.60 Å². The van der Waals surface area contributed by atoms with Gasteiger partial charge in [-0.05, 0) is 53.4 Å². The third kappa shape index (κ3) is 5.97. The SMILES string of the molecule is C[C@H](/C=C/CC(=O)N1Cc2ccccc2C[C@H]1CO)[C@@]1(O)C(=O)N(Cc2ccc(NC(=O)c3ccccc3)cc2)c2ccccc21. The van der Waals surface area contributed by atoms with Crippen LogP contribution in [0.5, 0.6) is 0 Å². The molecule has 0 bridgehead atoms. The molecule has 3 atom stereocenters. The maximum atomic E-state index is 13.9. The highest BCUT2D eigenvalue weighted by Gasteiger charge is 2.52. The minimum atomic E-state index is -1.81. The molecule has 0 fully saturated rings. The predicted octanol–water partition coefficient (Wildman–Crippen LogP) is 5.20. The number of aliphatic hydroxyl groups excluding tert-OH is 1. The highest BCUT2D eigenvalue weighted by Crippen LogP contribution is 2.45. The molecule has 8 nitrogen and oxygen atoms in total. The van der Waals surface area contributed by atoms with Crippen molar-refractivity contribution in [3.05, 3.63) is 143 Å². The second-order valence-electron chi connectivity index (χ2n) is 11.9. The molecule has 0 radical (unpaired) electrons. The number of nitrogens with one attached hydrogen (secondary N) is 1. The lowest BCUT2D eigenvalue weighted by Crippen LogP contribution is -2.46. The maximum absolute atomic E-state index is 13.9. The quantitative estimate of drug-likeness (QED) is 0.224. The smallest absolute Gasteiger partial charge is 0.264 e. The Balaban J connectivity index is 1.13. The van der Waals surface area contributed by atoms with Gasteiger partial charge in [-0.2, -0.15) is 0 Å². The summed E-state index contributed by atoms with van der Waals surface area (Å²) in [6.07, 6.45) is 4.13. The van der Waals surface area contributed by atoms with E-state index in [4.69, 9.17) is 0 Å². The van der Waals surface area contributed by atoms with Crippen molar-refractivity contribution in [2.24, 2.45) is 5.92 Å². The molecule has 0 saturated carbocycles. The van der Waals surface area contributed by atoms with Crippen molar-refractivity contribution < 1.29 is 24.6 Å². The van der Waals surface area contributed by atoms with Gasteiger partial charge < -0.3 is 25.3 Å². The summed E-state index contributed by atoms with van der Waals surface area (Å²) in [5, 5.41) is 24.8. The van der Waals surface area contributed by atoms with Gasteiger partial charge in [0, 0.05) is 35.7 Å². The molecule has 0 spiro atoms. The number of aliphatic hydroxyl groups is 2. The Labute approximate surface area is 268 Å². The van der Waals surface area contributed by atoms with E-state index in [1.54, 1.807) is 65.3 Å². The average molecular weight is 616 g/mol. The van der Waals surface area contributed by atoms with E-state index in [1.165, 1.54) is 0 Å². The van der Waals surface area contributed by atoms with E-state index in [2.05, 4.69) is 5.32 Å². The zero-order valence-corrected chi connectivity index (χ0v) is 25.7. The number of amides is 3. The predicted molar refractivity (Wildman–Crippen MR) is 177 cm³/mol. The molecule has 6 rings (SSSR count). The number of rotatable bonds is 9. The first-order valence-electron chi connectivity index (χ1n) is 15.5. The van der Waals surface area contributed by atoms with Gasteiger partial charge in [0.1, 0.15) is 0 Å². The van der Waals surface area contributed by atoms with Crippen LogP contribution in [0.15, 0.2) is 115 Å². The molecule has 4 aromatic carbocycles. The van der Waals surface area contributed by atoms with E-state index in [1.807, 2.05) is 66.7 Å². The molecule has 2 heterocycles. The average Bonchev–Trinajstić information content (AvgIpc) is 3.31. The molecule has 0 aromatic heterocycles. The van der Waals surface area contributed by atoms with Gasteiger partial charge in [0.25, 0.3) is 11.8 Å². The Hall–Kier alpha value is -5.05. The molecule has 0 saturated heterocycles. The summed E-state index contributed by atoms with van der Waals surface area (Å²) in [4.78, 5) is 43.0. The van der Waals surface area contributed by atoms with Crippen molar-refractivity contribution in [3.63, 3.8) is 0 Å². The third-order valence-electron chi connectivity index (χ3n) is 9.03. The fraction of sp³-hybridized carbons (Fsp3) is 0.237. The Morgan fingerprint density at radius 3 is 2.35 bits per heavy atom. The van der Waals surface area contributed by atoms with Gasteiger partial charge in [-0.1, -0.05) is 91.9 Å². The Morgan fingerprint density at radius 1 is 0.935 bits per heavy atom. The molecule has 234 valence electrons. The Morgan fingerprint density at radius 2 is 1.61 bits per heavy atom. The summed E-state index contributed by atoms with van der Waals surface area (Å²) in [7, 11) is 0. The normalized spacial score (nSPS) is 19.5. The van der Waals surface area contributed by atoms with Crippen LogP contribution in [0.2, 0.25) is 0 Å². The van der Waals surface area contributed by atoms with E-state index < -0.39 is 17.4 Å². The highest BCUT2D eigenvalue weighted by atomic mass is 16.3. The van der Waals surface area contributed by atoms with E-state index in [9.17, 15) is 24.6 Å². The monoisotopic (exact) mass is 615 g/mol. The van der Waals surface area contributed by atoms with Crippen molar-refractivity contribution >= 4 is 29.1 Å². The molecule has 4 aromatic rings. The van der Waals surface area contributed by atoms with Crippen LogP contribution in [0.1, 0.15) is 46.0 Å². The standard InChI is InChI=1S/C38H37N3O5/c1-26(10-9-17-35(43)40-24-30-14-6-5-13-29(30)22-32(40)25-42)38(46)33-15-7-8-16-34(33)41(37(38)45)23-27-18-20-31(21-19-27)39-36(44)28-11-3-2-4-12-28/h2-16,18-21,26,32,42,46H,17,22-25H2,1H3,(H,39,44)/b10-9+/t26-,32+,38+/m1/s1. The number of benzene rings is 4. The van der Waals surface area contributed by atoms with Crippen LogP contribution in [0.3, 0.4) is 0 Å². The van der Waals surface area contributed by atoms with Crippen LogP contribution in [0.4, 0.5) is 11.4 Å². The number of fused-ring (bicyclic) bond motifs is 2. The molecular weight excluding hydrogens is 578 g/mol. The van der Waals surface area contributed by atoms with Gasteiger partial charge >= 0.3 is 0 Å². The number of anilines is 2. The topological polar surface area (TPSA) is 110 Å². The summed E-state index contributed by atoms with van der Waals surface area (Å²) < 4.78 is 0. The first kappa shape index (κ1) is 31.0. The van der Waals surface area contributed by atoms with Crippen LogP contribution in [0.25, 0.3) is 0 Å². The lowest BCUT2D eigenvalue weighted by molar-refractivity contribution is -0.139. The zero-order chi connectivity index (χ0) is 32.3. The molecule has 3 amide bonds. The van der Waals surface area contributed by atoms with Crippen LogP contribution in [0, 0.1) is 5.92 Å². The van der Waals surface area contributed by atoms with Crippen LogP contribution in [-0.2, 0) is 34.7 Å². The number of hydrogen-bond acceptors (Lipinski definition) is 5. The molecule has 2 aliphatic heterocycles. The van der Waals surface area contributed by atoms with Crippen molar-refractivity contribution in [3.8, 4) is 0 Å². The number of hydrogen-bond donors (Lipinski definition) is 3. The molecule has 2 aliphatic rings. The molecule has 3 N–H and O–H groups in total. The van der Waals surface area contributed by atoms with Crippen molar-refractivity contribution in [1.29, 1.82) is 0 Å². The highest BCUT2D eigenvalue weighted by molar-refractivity contribution is 6.07. The van der Waals surface area contributed by atoms with Crippen molar-refractivity contribution in [1.82, 2.24) is 4.90 Å². The van der Waals surface area contributed by atoms with Crippen molar-refractivity contribution in [2.75, 3.05) is 16.8 Å². The van der Waals surface area contributed by atoms with Crippen molar-refractivity contribution in [2.45, 2.75) is 44.5 Å². The van der Waals surface area contributed by atoms with E-state index in [0.29, 0.717) is 35.5 Å². The molecule has 0 unspecified atom stereocenters. The first-order chi connectivity index (χ1) is 22.3. The maximum Gasteiger partial charge on any atom is 0.264 e. The fourth-order valence-electron chi connectivity index (χ4n) is 6.40. The first-order valence-corrected chi connectivity index (χ1v) is 15.5. The molecule has 46 heavy (non-hydrogen) atoms. The van der Waals surface area contributed by atoms with Gasteiger partial charge in [0.2, 0.25) is 5.91 Å². The lowest BCUT2D eigenvalue weighted by Gasteiger charge is -2.36. The summed E-state index contributed by atoms with van der Waals surface area (Å²) in [6.45, 7) is 2.33. The summed E-state index contributed by atoms with van der Waals surface area (Å²) in [5.41, 5.74) is 3.59. The molecular formula is C38H37N3O5. The molecule has 8 heteroatoms. The minimum Gasteiger partial charge on any atom is -0.394 e. The largest absolute Gasteiger partial charge is 0.394 e. The van der Waals surface area contributed by atoms with Crippen LogP contribution >= 0.6 is 0 Å². The zero-order valence-electron chi connectivity index (χ0n) is 25.7. The second-order valence-corrected chi connectivity index (χ2v) is 11.9. The Kier molecular flexibility index (Phi) is 8.83. The Bertz CT molecular complexity index is 1770. The number of carbonyl (C=O) groups excluding carboxylic acids is 3. The number of nitrogens with zero attached hydrogens (tertiary/aromatic N) is 2. The van der Waals surface area contributed by atoms with Gasteiger partial charge in [0.05, 0.1) is 24.9 Å². The van der Waals surface area contributed by atoms with Gasteiger partial charge in [-0.25, -0.2) is 0 Å². The van der Waals surface area contributed by atoms with Gasteiger partial charge in [-0.3, -0.25) is 14.4 Å². The van der Waals surface area contributed by atoms with E-state index in [0.717, 1.165) is 16.7 Å². The minimum absolute atomic E-state index is 0.0891. The lowest BCUT2D eigenvalue weighted by atomic mass is 9.83. The second kappa shape index (κ2) is 13.1. The van der Waals surface area contributed by atoms with E-state index in [-0.39, 0.29) is 37.4 Å². The number of para-hydroxylation sites is 1. The van der Waals surface area contributed by atoms with Gasteiger partial charge in [-0.15, -0.1) is 0 Å². The molecule has 0 aliphatic carbocycles. The van der Waals surface area contributed by atoms with Crippen LogP contribution in [-0.4, -0.2) is 45.5 Å².